The topological polar surface area (TPSA) is 66.2 Å². The monoisotopic (exact) mass is 433 g/mol. The van der Waals surface area contributed by atoms with Gasteiger partial charge in [-0.2, -0.15) is 10.1 Å². The van der Waals surface area contributed by atoms with Gasteiger partial charge in [0.15, 0.2) is 11.4 Å². The van der Waals surface area contributed by atoms with Crippen molar-refractivity contribution in [2.75, 3.05) is 6.61 Å². The van der Waals surface area contributed by atoms with E-state index in [1.807, 2.05) is 37.7 Å². The van der Waals surface area contributed by atoms with Crippen molar-refractivity contribution >= 4 is 16.8 Å². The first kappa shape index (κ1) is 21.0. The fraction of sp³-hybridized carbons (Fsp3) is 0.500. The highest BCUT2D eigenvalue weighted by molar-refractivity contribution is 5.84. The second kappa shape index (κ2) is 8.23. The van der Waals surface area contributed by atoms with Crippen molar-refractivity contribution in [2.45, 2.75) is 70.8 Å². The van der Waals surface area contributed by atoms with Gasteiger partial charge >= 0.3 is 0 Å². The number of ether oxygens (including phenoxy) is 2. The summed E-state index contributed by atoms with van der Waals surface area (Å²) in [5.74, 6) is 2.33. The van der Waals surface area contributed by atoms with Gasteiger partial charge in [-0.1, -0.05) is 6.07 Å². The minimum Gasteiger partial charge on any atom is -0.491 e. The van der Waals surface area contributed by atoms with E-state index in [9.17, 15) is 4.79 Å². The average molecular weight is 434 g/mol. The maximum Gasteiger partial charge on any atom is 0.215 e. The molecule has 5 rings (SSSR count). The third kappa shape index (κ3) is 4.10. The Hall–Kier alpha value is -2.89. The molecule has 1 fully saturated rings. The molecule has 3 aromatic rings. The fourth-order valence-electron chi connectivity index (χ4n) is 4.88. The molecule has 32 heavy (non-hydrogen) atoms. The SMILES string of the molecule is Cc1cc(OCC(=O)C[C@H]2CCc3cc(OC(C)C)ccc32)nc2c1c(C1CC1)nn2C. The van der Waals surface area contributed by atoms with E-state index in [1.54, 1.807) is 0 Å². The number of carbonyl (C=O) groups excluding carboxylic acids is 1. The smallest absolute Gasteiger partial charge is 0.215 e. The molecule has 168 valence electrons. The van der Waals surface area contributed by atoms with Crippen LogP contribution in [-0.2, 0) is 18.3 Å². The summed E-state index contributed by atoms with van der Waals surface area (Å²) >= 11 is 0. The highest BCUT2D eigenvalue weighted by atomic mass is 16.5. The Morgan fingerprint density at radius 3 is 2.78 bits per heavy atom. The molecule has 1 aromatic carbocycles. The van der Waals surface area contributed by atoms with Crippen LogP contribution in [0.1, 0.15) is 73.8 Å². The summed E-state index contributed by atoms with van der Waals surface area (Å²) in [4.78, 5) is 17.4. The summed E-state index contributed by atoms with van der Waals surface area (Å²) < 4.78 is 13.5. The molecule has 1 saturated carbocycles. The van der Waals surface area contributed by atoms with Crippen molar-refractivity contribution in [3.8, 4) is 11.6 Å². The second-order valence-electron chi connectivity index (χ2n) is 9.55. The summed E-state index contributed by atoms with van der Waals surface area (Å²) in [5, 5.41) is 5.82. The zero-order valence-corrected chi connectivity index (χ0v) is 19.4. The van der Waals surface area contributed by atoms with Gasteiger partial charge < -0.3 is 9.47 Å². The van der Waals surface area contributed by atoms with Gasteiger partial charge in [-0.15, -0.1) is 0 Å². The fourth-order valence-corrected chi connectivity index (χ4v) is 4.88. The van der Waals surface area contributed by atoms with Gasteiger partial charge in [-0.05, 0) is 81.2 Å². The third-order valence-electron chi connectivity index (χ3n) is 6.50. The van der Waals surface area contributed by atoms with Gasteiger partial charge in [0.1, 0.15) is 12.4 Å². The first-order valence-electron chi connectivity index (χ1n) is 11.7. The Morgan fingerprint density at radius 2 is 2.03 bits per heavy atom. The van der Waals surface area contributed by atoms with Crippen LogP contribution in [0.15, 0.2) is 24.3 Å². The number of nitrogens with zero attached hydrogens (tertiary/aromatic N) is 3. The molecule has 0 unspecified atom stereocenters. The highest BCUT2D eigenvalue weighted by Gasteiger charge is 2.30. The molecular formula is C26H31N3O3. The number of aryl methyl sites for hydroxylation is 3. The van der Waals surface area contributed by atoms with Crippen LogP contribution in [0.5, 0.6) is 11.6 Å². The Bertz CT molecular complexity index is 1180. The molecule has 2 aliphatic rings. The average Bonchev–Trinajstić information content (AvgIpc) is 3.44. The zero-order valence-electron chi connectivity index (χ0n) is 19.4. The molecule has 0 radical (unpaired) electrons. The van der Waals surface area contributed by atoms with E-state index in [2.05, 4.69) is 29.1 Å². The van der Waals surface area contributed by atoms with Crippen molar-refractivity contribution in [1.82, 2.24) is 14.8 Å². The van der Waals surface area contributed by atoms with Crippen LogP contribution in [0.25, 0.3) is 11.0 Å². The first-order chi connectivity index (χ1) is 15.4. The largest absolute Gasteiger partial charge is 0.491 e. The van der Waals surface area contributed by atoms with Gasteiger partial charge in [0.25, 0.3) is 0 Å². The molecule has 0 amide bonds. The van der Waals surface area contributed by atoms with Gasteiger partial charge in [0.05, 0.1) is 11.8 Å². The minimum atomic E-state index is 0.0473. The van der Waals surface area contributed by atoms with Crippen LogP contribution < -0.4 is 9.47 Å². The molecule has 0 spiro atoms. The van der Waals surface area contributed by atoms with Crippen molar-refractivity contribution < 1.29 is 14.3 Å². The lowest BCUT2D eigenvalue weighted by molar-refractivity contribution is -0.121. The normalized spacial score (nSPS) is 17.7. The molecule has 6 nitrogen and oxygen atoms in total. The van der Waals surface area contributed by atoms with Crippen LogP contribution in [0, 0.1) is 6.92 Å². The predicted octanol–water partition coefficient (Wildman–Crippen LogP) is 5.01. The van der Waals surface area contributed by atoms with E-state index in [4.69, 9.17) is 9.47 Å². The predicted molar refractivity (Wildman–Crippen MR) is 124 cm³/mol. The quantitative estimate of drug-likeness (QED) is 0.500. The van der Waals surface area contributed by atoms with Gasteiger partial charge in [0, 0.05) is 30.8 Å². The number of hydrogen-bond donors (Lipinski definition) is 0. The molecule has 0 saturated heterocycles. The van der Waals surface area contributed by atoms with E-state index in [1.165, 1.54) is 24.0 Å². The lowest BCUT2D eigenvalue weighted by atomic mass is 9.96. The summed E-state index contributed by atoms with van der Waals surface area (Å²) in [7, 11) is 1.92. The first-order valence-corrected chi connectivity index (χ1v) is 11.7. The highest BCUT2D eigenvalue weighted by Crippen LogP contribution is 2.43. The third-order valence-corrected chi connectivity index (χ3v) is 6.50. The molecule has 0 aliphatic heterocycles. The summed E-state index contributed by atoms with van der Waals surface area (Å²) in [5.41, 5.74) is 5.66. The maximum atomic E-state index is 12.7. The van der Waals surface area contributed by atoms with Gasteiger partial charge in [-0.3, -0.25) is 9.48 Å². The molecule has 2 heterocycles. The molecule has 2 aromatic heterocycles. The lowest BCUT2D eigenvalue weighted by Gasteiger charge is -2.14. The number of fused-ring (bicyclic) bond motifs is 2. The van der Waals surface area contributed by atoms with Gasteiger partial charge in [-0.25, -0.2) is 0 Å². The molecule has 1 atom stereocenters. The lowest BCUT2D eigenvalue weighted by Crippen LogP contribution is -2.15. The summed E-state index contributed by atoms with van der Waals surface area (Å²) in [6.07, 6.45) is 5.05. The number of Topliss-reactive ketones (excluding diaryl/α,β-unsaturated/α-hetero) is 1. The van der Waals surface area contributed by atoms with Crippen LogP contribution in [-0.4, -0.2) is 33.3 Å². The van der Waals surface area contributed by atoms with Gasteiger partial charge in [0.2, 0.25) is 5.88 Å². The Morgan fingerprint density at radius 1 is 1.22 bits per heavy atom. The molecule has 0 bridgehead atoms. The van der Waals surface area contributed by atoms with E-state index < -0.39 is 0 Å². The van der Waals surface area contributed by atoms with Crippen LogP contribution in [0.2, 0.25) is 0 Å². The van der Waals surface area contributed by atoms with E-state index >= 15 is 0 Å². The zero-order chi connectivity index (χ0) is 22.4. The summed E-state index contributed by atoms with van der Waals surface area (Å²) in [6.45, 7) is 6.18. The Kier molecular flexibility index (Phi) is 5.39. The molecular weight excluding hydrogens is 402 g/mol. The van der Waals surface area contributed by atoms with Crippen molar-refractivity contribution in [3.05, 3.63) is 46.6 Å². The standard InChI is InChI=1S/C26H31N3O3/c1-15(2)32-21-9-10-22-18(7-8-19(22)13-21)12-20(30)14-31-23-11-16(3)24-25(17-5-6-17)28-29(4)26(24)27-23/h9-11,13,15,17-18H,5-8,12,14H2,1-4H3/t18-/m1/s1. The van der Waals surface area contributed by atoms with Crippen molar-refractivity contribution in [1.29, 1.82) is 0 Å². The number of hydrogen-bond acceptors (Lipinski definition) is 5. The van der Waals surface area contributed by atoms with Crippen molar-refractivity contribution in [2.24, 2.45) is 7.05 Å². The number of pyridine rings is 1. The Balaban J connectivity index is 1.23. The van der Waals surface area contributed by atoms with Crippen LogP contribution >= 0.6 is 0 Å². The number of rotatable bonds is 8. The number of ketones is 1. The number of carbonyl (C=O) groups is 1. The van der Waals surface area contributed by atoms with E-state index in [0.29, 0.717) is 18.2 Å². The van der Waals surface area contributed by atoms with E-state index in [-0.39, 0.29) is 24.4 Å². The maximum absolute atomic E-state index is 12.7. The van der Waals surface area contributed by atoms with Crippen LogP contribution in [0.3, 0.4) is 0 Å². The second-order valence-corrected chi connectivity index (χ2v) is 9.55. The summed E-state index contributed by atoms with van der Waals surface area (Å²) in [6, 6.07) is 8.20. The minimum absolute atomic E-state index is 0.0473. The number of aromatic nitrogens is 3. The molecule has 6 heteroatoms. The van der Waals surface area contributed by atoms with E-state index in [0.717, 1.165) is 40.9 Å². The number of benzene rings is 1. The Labute approximate surface area is 188 Å². The molecule has 0 N–H and O–H groups in total. The molecule has 2 aliphatic carbocycles. The van der Waals surface area contributed by atoms with Crippen molar-refractivity contribution in [3.63, 3.8) is 0 Å². The van der Waals surface area contributed by atoms with Crippen LogP contribution in [0.4, 0.5) is 0 Å².